The van der Waals surface area contributed by atoms with Crippen molar-refractivity contribution < 1.29 is 9.59 Å². The smallest absolute Gasteiger partial charge is 0.270 e. The maximum absolute atomic E-state index is 12.0. The Hall–Kier alpha value is -2.11. The first-order chi connectivity index (χ1) is 8.84. The van der Waals surface area contributed by atoms with Crippen molar-refractivity contribution in [1.82, 2.24) is 10.3 Å². The van der Waals surface area contributed by atoms with E-state index in [4.69, 9.17) is 5.73 Å². The summed E-state index contributed by atoms with van der Waals surface area (Å²) < 4.78 is 0. The van der Waals surface area contributed by atoms with Crippen molar-refractivity contribution in [3.05, 3.63) is 24.0 Å². The predicted molar refractivity (Wildman–Crippen MR) is 73.8 cm³/mol. The first-order valence-corrected chi connectivity index (χ1v) is 6.15. The van der Waals surface area contributed by atoms with Crippen LogP contribution in [0.5, 0.6) is 0 Å². The molecule has 0 saturated carbocycles. The summed E-state index contributed by atoms with van der Waals surface area (Å²) in [5.41, 5.74) is 5.60. The minimum atomic E-state index is -0.690. The average molecular weight is 264 g/mol. The molecule has 0 aliphatic carbocycles. The number of aromatic nitrogens is 1. The fourth-order valence-corrected chi connectivity index (χ4v) is 1.69. The quantitative estimate of drug-likeness (QED) is 0.711. The lowest BCUT2D eigenvalue weighted by Crippen LogP contribution is -2.46. The van der Waals surface area contributed by atoms with E-state index in [1.165, 1.54) is 0 Å². The summed E-state index contributed by atoms with van der Waals surface area (Å²) in [6, 6.07) is 3.42. The molecule has 1 aromatic rings. The molecule has 19 heavy (non-hydrogen) atoms. The van der Waals surface area contributed by atoms with Crippen LogP contribution >= 0.6 is 0 Å². The standard InChI is InChI=1S/C13H20N4O2/c1-4-15-9-5-6-10(16-8-9)12(19)17-13(2,3)7-11(14)18/h5-6,8,15H,4,7H2,1-3H3,(H2,14,18)(H,17,19). The first kappa shape index (κ1) is 14.9. The Morgan fingerprint density at radius 3 is 2.53 bits per heavy atom. The third-order valence-electron chi connectivity index (χ3n) is 2.45. The topological polar surface area (TPSA) is 97.1 Å². The molecule has 0 saturated heterocycles. The summed E-state index contributed by atoms with van der Waals surface area (Å²) in [6.07, 6.45) is 1.67. The van der Waals surface area contributed by atoms with Gasteiger partial charge in [-0.15, -0.1) is 0 Å². The van der Waals surface area contributed by atoms with Gasteiger partial charge in [0.2, 0.25) is 5.91 Å². The maximum atomic E-state index is 12.0. The number of anilines is 1. The molecule has 0 bridgehead atoms. The van der Waals surface area contributed by atoms with Crippen molar-refractivity contribution in [3.8, 4) is 0 Å². The number of hydrogen-bond donors (Lipinski definition) is 3. The molecule has 1 aromatic heterocycles. The van der Waals surface area contributed by atoms with E-state index in [9.17, 15) is 9.59 Å². The summed E-state index contributed by atoms with van der Waals surface area (Å²) in [5.74, 6) is -0.782. The predicted octanol–water partition coefficient (Wildman–Crippen LogP) is 0.897. The molecule has 4 N–H and O–H groups in total. The number of nitrogens with zero attached hydrogens (tertiary/aromatic N) is 1. The molecule has 104 valence electrons. The molecule has 1 rings (SSSR count). The second-order valence-corrected chi connectivity index (χ2v) is 4.94. The summed E-state index contributed by atoms with van der Waals surface area (Å²) in [4.78, 5) is 26.9. The van der Waals surface area contributed by atoms with Gasteiger partial charge in [-0.1, -0.05) is 0 Å². The molecule has 0 aromatic carbocycles. The Bertz CT molecular complexity index is 454. The van der Waals surface area contributed by atoms with Crippen molar-refractivity contribution in [2.24, 2.45) is 5.73 Å². The van der Waals surface area contributed by atoms with Crippen LogP contribution in [0.25, 0.3) is 0 Å². The van der Waals surface area contributed by atoms with E-state index >= 15 is 0 Å². The zero-order valence-corrected chi connectivity index (χ0v) is 11.5. The van der Waals surface area contributed by atoms with Gasteiger partial charge in [-0.05, 0) is 32.9 Å². The Balaban J connectivity index is 2.70. The monoisotopic (exact) mass is 264 g/mol. The number of rotatable bonds is 6. The third kappa shape index (κ3) is 4.95. The normalized spacial score (nSPS) is 10.9. The molecule has 0 spiro atoms. The van der Waals surface area contributed by atoms with E-state index in [1.807, 2.05) is 6.92 Å². The fraction of sp³-hybridized carbons (Fsp3) is 0.462. The summed E-state index contributed by atoms with van der Waals surface area (Å²) in [6.45, 7) is 6.25. The molecule has 1 heterocycles. The van der Waals surface area contributed by atoms with Crippen LogP contribution in [0.4, 0.5) is 5.69 Å². The highest BCUT2D eigenvalue weighted by Crippen LogP contribution is 2.10. The van der Waals surface area contributed by atoms with Crippen LogP contribution in [0.3, 0.4) is 0 Å². The second-order valence-electron chi connectivity index (χ2n) is 4.94. The Morgan fingerprint density at radius 2 is 2.05 bits per heavy atom. The first-order valence-electron chi connectivity index (χ1n) is 6.15. The minimum absolute atomic E-state index is 0.0776. The minimum Gasteiger partial charge on any atom is -0.384 e. The zero-order valence-electron chi connectivity index (χ0n) is 11.5. The highest BCUT2D eigenvalue weighted by molar-refractivity contribution is 5.93. The van der Waals surface area contributed by atoms with Crippen molar-refractivity contribution in [3.63, 3.8) is 0 Å². The van der Waals surface area contributed by atoms with Crippen LogP contribution in [-0.2, 0) is 4.79 Å². The van der Waals surface area contributed by atoms with E-state index in [1.54, 1.807) is 32.2 Å². The van der Waals surface area contributed by atoms with Crippen molar-refractivity contribution >= 4 is 17.5 Å². The van der Waals surface area contributed by atoms with Crippen LogP contribution in [0, 0.1) is 0 Å². The lowest BCUT2D eigenvalue weighted by atomic mass is 10.00. The molecule has 6 nitrogen and oxygen atoms in total. The molecule has 0 atom stereocenters. The number of carbonyl (C=O) groups is 2. The largest absolute Gasteiger partial charge is 0.384 e. The van der Waals surface area contributed by atoms with Gasteiger partial charge < -0.3 is 16.4 Å². The molecule has 0 radical (unpaired) electrons. The van der Waals surface area contributed by atoms with Gasteiger partial charge >= 0.3 is 0 Å². The average Bonchev–Trinajstić information content (AvgIpc) is 2.27. The van der Waals surface area contributed by atoms with Crippen LogP contribution in [0.15, 0.2) is 18.3 Å². The van der Waals surface area contributed by atoms with Gasteiger partial charge in [-0.3, -0.25) is 9.59 Å². The Morgan fingerprint density at radius 1 is 1.37 bits per heavy atom. The van der Waals surface area contributed by atoms with Crippen LogP contribution in [0.1, 0.15) is 37.7 Å². The van der Waals surface area contributed by atoms with E-state index < -0.39 is 11.4 Å². The van der Waals surface area contributed by atoms with Crippen LogP contribution in [0.2, 0.25) is 0 Å². The van der Waals surface area contributed by atoms with E-state index in [0.29, 0.717) is 5.69 Å². The van der Waals surface area contributed by atoms with Gasteiger partial charge in [0.25, 0.3) is 5.91 Å². The number of hydrogen-bond acceptors (Lipinski definition) is 4. The molecule has 0 aliphatic rings. The molecule has 2 amide bonds. The lowest BCUT2D eigenvalue weighted by molar-refractivity contribution is -0.119. The number of nitrogens with two attached hydrogens (primary N) is 1. The molecule has 6 heteroatoms. The Labute approximate surface area is 112 Å². The number of pyridine rings is 1. The molecule has 0 unspecified atom stereocenters. The maximum Gasteiger partial charge on any atom is 0.270 e. The summed E-state index contributed by atoms with van der Waals surface area (Å²) in [7, 11) is 0. The molecular formula is C13H20N4O2. The van der Waals surface area contributed by atoms with Gasteiger partial charge in [-0.25, -0.2) is 4.98 Å². The third-order valence-corrected chi connectivity index (χ3v) is 2.45. The fourth-order valence-electron chi connectivity index (χ4n) is 1.69. The highest BCUT2D eigenvalue weighted by atomic mass is 16.2. The van der Waals surface area contributed by atoms with Gasteiger partial charge in [-0.2, -0.15) is 0 Å². The van der Waals surface area contributed by atoms with E-state index in [0.717, 1.165) is 12.2 Å². The summed E-state index contributed by atoms with van der Waals surface area (Å²) in [5, 5.41) is 5.83. The van der Waals surface area contributed by atoms with Crippen LogP contribution in [-0.4, -0.2) is 28.9 Å². The van der Waals surface area contributed by atoms with Gasteiger partial charge in [0.05, 0.1) is 11.9 Å². The van der Waals surface area contributed by atoms with Gasteiger partial charge in [0, 0.05) is 18.5 Å². The lowest BCUT2D eigenvalue weighted by Gasteiger charge is -2.24. The van der Waals surface area contributed by atoms with Crippen molar-refractivity contribution in [2.75, 3.05) is 11.9 Å². The van der Waals surface area contributed by atoms with E-state index in [-0.39, 0.29) is 12.3 Å². The molecule has 0 aliphatic heterocycles. The SMILES string of the molecule is CCNc1ccc(C(=O)NC(C)(C)CC(N)=O)nc1. The zero-order chi connectivity index (χ0) is 14.5. The second kappa shape index (κ2) is 6.17. The molecular weight excluding hydrogens is 244 g/mol. The van der Waals surface area contributed by atoms with E-state index in [2.05, 4.69) is 15.6 Å². The highest BCUT2D eigenvalue weighted by Gasteiger charge is 2.23. The van der Waals surface area contributed by atoms with Crippen molar-refractivity contribution in [1.29, 1.82) is 0 Å². The number of primary amides is 1. The van der Waals surface area contributed by atoms with Crippen LogP contribution < -0.4 is 16.4 Å². The number of carbonyl (C=O) groups excluding carboxylic acids is 2. The number of amides is 2. The van der Waals surface area contributed by atoms with Gasteiger partial charge in [0.15, 0.2) is 0 Å². The van der Waals surface area contributed by atoms with Gasteiger partial charge in [0.1, 0.15) is 5.69 Å². The number of nitrogens with one attached hydrogen (secondary N) is 2. The van der Waals surface area contributed by atoms with Crippen molar-refractivity contribution in [2.45, 2.75) is 32.7 Å². The summed E-state index contributed by atoms with van der Waals surface area (Å²) >= 11 is 0. The molecule has 0 fully saturated rings. The Kier molecular flexibility index (Phi) is 4.86.